The lowest BCUT2D eigenvalue weighted by molar-refractivity contribution is 0.301. The maximum Gasteiger partial charge on any atom is 0.179 e. The number of rotatable bonds is 4. The summed E-state index contributed by atoms with van der Waals surface area (Å²) in [4.78, 5) is 2.73. The summed E-state index contributed by atoms with van der Waals surface area (Å²) < 4.78 is 24.3. The lowest BCUT2D eigenvalue weighted by Crippen LogP contribution is -2.30. The first kappa shape index (κ1) is 13.6. The minimum Gasteiger partial charge on any atom is -0.302 e. The molecule has 1 aliphatic heterocycles. The van der Waals surface area contributed by atoms with Gasteiger partial charge in [0, 0.05) is 6.54 Å². The number of hydrogen-bond donors (Lipinski definition) is 0. The Morgan fingerprint density at radius 2 is 1.56 bits per heavy atom. The normalized spacial score (nSPS) is 18.4. The van der Waals surface area contributed by atoms with Gasteiger partial charge in [0.2, 0.25) is 0 Å². The van der Waals surface area contributed by atoms with Crippen LogP contribution in [0.25, 0.3) is 0 Å². The second-order valence-corrected chi connectivity index (χ2v) is 7.00. The lowest BCUT2D eigenvalue weighted by atomic mass is 10.2. The quantitative estimate of drug-likeness (QED) is 0.840. The summed E-state index contributed by atoms with van der Waals surface area (Å²) >= 11 is 0. The third-order valence-electron chi connectivity index (χ3n) is 3.48. The van der Waals surface area contributed by atoms with Gasteiger partial charge in [0.15, 0.2) is 9.84 Å². The van der Waals surface area contributed by atoms with E-state index in [1.807, 2.05) is 6.07 Å². The minimum atomic E-state index is -3.11. The topological polar surface area (TPSA) is 37.4 Å². The predicted molar refractivity (Wildman–Crippen MR) is 73.4 cm³/mol. The Labute approximate surface area is 110 Å². The molecule has 1 aromatic rings. The minimum absolute atomic E-state index is 0.233. The van der Waals surface area contributed by atoms with E-state index >= 15 is 0 Å². The monoisotopic (exact) mass is 267 g/mol. The molecule has 1 aromatic carbocycles. The molecule has 2 rings (SSSR count). The molecule has 0 atom stereocenters. The lowest BCUT2D eigenvalue weighted by Gasteiger charge is -2.19. The fourth-order valence-electron chi connectivity index (χ4n) is 2.35. The average Bonchev–Trinajstić information content (AvgIpc) is 2.66. The predicted octanol–water partition coefficient (Wildman–Crippen LogP) is 2.34. The van der Waals surface area contributed by atoms with Crippen molar-refractivity contribution in [3.63, 3.8) is 0 Å². The van der Waals surface area contributed by atoms with E-state index < -0.39 is 9.84 Å². The smallest absolute Gasteiger partial charge is 0.179 e. The van der Waals surface area contributed by atoms with Crippen molar-refractivity contribution in [1.29, 1.82) is 0 Å². The van der Waals surface area contributed by atoms with Gasteiger partial charge in [0.1, 0.15) is 0 Å². The molecule has 18 heavy (non-hydrogen) atoms. The zero-order valence-electron chi connectivity index (χ0n) is 10.7. The first-order valence-electron chi connectivity index (χ1n) is 6.69. The van der Waals surface area contributed by atoms with Gasteiger partial charge >= 0.3 is 0 Å². The largest absolute Gasteiger partial charge is 0.302 e. The molecule has 0 aliphatic carbocycles. The van der Waals surface area contributed by atoms with Gasteiger partial charge in [-0.1, -0.05) is 31.0 Å². The molecule has 3 nitrogen and oxygen atoms in total. The van der Waals surface area contributed by atoms with Crippen molar-refractivity contribution in [2.24, 2.45) is 0 Å². The van der Waals surface area contributed by atoms with Crippen LogP contribution < -0.4 is 0 Å². The van der Waals surface area contributed by atoms with Crippen LogP contribution in [0, 0.1) is 0 Å². The van der Waals surface area contributed by atoms with E-state index in [0.717, 1.165) is 13.1 Å². The van der Waals surface area contributed by atoms with E-state index in [1.54, 1.807) is 24.3 Å². The molecule has 1 heterocycles. The Hall–Kier alpha value is -0.870. The molecule has 0 amide bonds. The standard InChI is InChI=1S/C14H21NO2S/c16-18(17,14-8-4-3-5-9-14)13-12-15-10-6-1-2-7-11-15/h3-5,8-9H,1-2,6-7,10-13H2. The van der Waals surface area contributed by atoms with Gasteiger partial charge in [-0.05, 0) is 38.1 Å². The van der Waals surface area contributed by atoms with Gasteiger partial charge in [-0.15, -0.1) is 0 Å². The van der Waals surface area contributed by atoms with Crippen LogP contribution in [-0.4, -0.2) is 38.7 Å². The molecule has 1 saturated heterocycles. The maximum absolute atomic E-state index is 12.1. The van der Waals surface area contributed by atoms with E-state index in [0.29, 0.717) is 11.4 Å². The van der Waals surface area contributed by atoms with Crippen molar-refractivity contribution in [3.05, 3.63) is 30.3 Å². The van der Waals surface area contributed by atoms with Crippen LogP contribution in [0.4, 0.5) is 0 Å². The molecule has 100 valence electrons. The fourth-order valence-corrected chi connectivity index (χ4v) is 3.66. The van der Waals surface area contributed by atoms with Gasteiger partial charge in [-0.25, -0.2) is 8.42 Å². The molecule has 0 aromatic heterocycles. The fraction of sp³-hybridized carbons (Fsp3) is 0.571. The van der Waals surface area contributed by atoms with Crippen LogP contribution in [0.15, 0.2) is 35.2 Å². The van der Waals surface area contributed by atoms with Crippen molar-refractivity contribution in [2.45, 2.75) is 30.6 Å². The van der Waals surface area contributed by atoms with Crippen molar-refractivity contribution < 1.29 is 8.42 Å². The average molecular weight is 267 g/mol. The van der Waals surface area contributed by atoms with Crippen LogP contribution in [0.1, 0.15) is 25.7 Å². The number of sulfone groups is 1. The first-order valence-corrected chi connectivity index (χ1v) is 8.34. The highest BCUT2D eigenvalue weighted by molar-refractivity contribution is 7.91. The van der Waals surface area contributed by atoms with Gasteiger partial charge in [-0.3, -0.25) is 0 Å². The van der Waals surface area contributed by atoms with E-state index in [-0.39, 0.29) is 5.75 Å². The Morgan fingerprint density at radius 3 is 2.17 bits per heavy atom. The molecule has 0 unspecified atom stereocenters. The third kappa shape index (κ3) is 3.82. The van der Waals surface area contributed by atoms with Crippen molar-refractivity contribution in [2.75, 3.05) is 25.4 Å². The highest BCUT2D eigenvalue weighted by Gasteiger charge is 2.16. The zero-order valence-corrected chi connectivity index (χ0v) is 11.5. The Kier molecular flexibility index (Phi) is 4.78. The summed E-state index contributed by atoms with van der Waals surface area (Å²) in [6, 6.07) is 8.75. The number of hydrogen-bond acceptors (Lipinski definition) is 3. The molecule has 0 bridgehead atoms. The van der Waals surface area contributed by atoms with E-state index in [2.05, 4.69) is 4.90 Å². The maximum atomic E-state index is 12.1. The molecular weight excluding hydrogens is 246 g/mol. The van der Waals surface area contributed by atoms with Crippen molar-refractivity contribution in [1.82, 2.24) is 4.90 Å². The summed E-state index contributed by atoms with van der Waals surface area (Å²) in [5.74, 6) is 0.233. The summed E-state index contributed by atoms with van der Waals surface area (Å²) in [5, 5.41) is 0. The molecule has 0 saturated carbocycles. The second kappa shape index (κ2) is 6.34. The SMILES string of the molecule is O=S(=O)(CCN1CCCCCC1)c1ccccc1. The molecule has 0 spiro atoms. The first-order chi connectivity index (χ1) is 8.68. The summed E-state index contributed by atoms with van der Waals surface area (Å²) in [7, 11) is -3.11. The molecule has 1 aliphatic rings. The van der Waals surface area contributed by atoms with Crippen LogP contribution >= 0.6 is 0 Å². The number of benzene rings is 1. The third-order valence-corrected chi connectivity index (χ3v) is 5.19. The Morgan fingerprint density at radius 1 is 0.944 bits per heavy atom. The van der Waals surface area contributed by atoms with E-state index in [9.17, 15) is 8.42 Å². The number of likely N-dealkylation sites (tertiary alicyclic amines) is 1. The van der Waals surface area contributed by atoms with Crippen LogP contribution in [-0.2, 0) is 9.84 Å². The van der Waals surface area contributed by atoms with Crippen LogP contribution in [0.2, 0.25) is 0 Å². The van der Waals surface area contributed by atoms with Gasteiger partial charge in [0.25, 0.3) is 0 Å². The molecule has 0 N–H and O–H groups in total. The van der Waals surface area contributed by atoms with Gasteiger partial charge in [-0.2, -0.15) is 0 Å². The van der Waals surface area contributed by atoms with Crippen molar-refractivity contribution in [3.8, 4) is 0 Å². The molecular formula is C14H21NO2S. The number of nitrogens with zero attached hydrogens (tertiary/aromatic N) is 1. The van der Waals surface area contributed by atoms with Gasteiger partial charge < -0.3 is 4.90 Å². The highest BCUT2D eigenvalue weighted by atomic mass is 32.2. The van der Waals surface area contributed by atoms with E-state index in [1.165, 1.54) is 25.7 Å². The second-order valence-electron chi connectivity index (χ2n) is 4.89. The Bertz CT molecular complexity index is 448. The highest BCUT2D eigenvalue weighted by Crippen LogP contribution is 2.13. The zero-order chi connectivity index (χ0) is 12.8. The molecule has 0 radical (unpaired) electrons. The Balaban J connectivity index is 1.92. The van der Waals surface area contributed by atoms with Gasteiger partial charge in [0.05, 0.1) is 10.6 Å². The van der Waals surface area contributed by atoms with Crippen molar-refractivity contribution >= 4 is 9.84 Å². The summed E-state index contributed by atoms with van der Waals surface area (Å²) in [6.45, 7) is 2.76. The summed E-state index contributed by atoms with van der Waals surface area (Å²) in [6.07, 6.45) is 4.96. The van der Waals surface area contributed by atoms with Crippen LogP contribution in [0.3, 0.4) is 0 Å². The summed E-state index contributed by atoms with van der Waals surface area (Å²) in [5.41, 5.74) is 0. The van der Waals surface area contributed by atoms with E-state index in [4.69, 9.17) is 0 Å². The molecule has 4 heteroatoms. The van der Waals surface area contributed by atoms with Crippen LogP contribution in [0.5, 0.6) is 0 Å². The molecule has 1 fully saturated rings.